The molecule has 0 heterocycles. The second-order valence-corrected chi connectivity index (χ2v) is 4.78. The van der Waals surface area contributed by atoms with Crippen molar-refractivity contribution < 1.29 is 4.39 Å². The van der Waals surface area contributed by atoms with Gasteiger partial charge >= 0.3 is 0 Å². The summed E-state index contributed by atoms with van der Waals surface area (Å²) < 4.78 is 14.1. The van der Waals surface area contributed by atoms with E-state index in [9.17, 15) is 4.39 Å². The Kier molecular flexibility index (Phi) is 3.10. The van der Waals surface area contributed by atoms with Gasteiger partial charge < -0.3 is 0 Å². The average Bonchev–Trinajstić information content (AvgIpc) is 2.22. The molecule has 0 aliphatic carbocycles. The maximum Gasteiger partial charge on any atom is 0.123 e. The zero-order valence-corrected chi connectivity index (χ0v) is 10.8. The van der Waals surface area contributed by atoms with Crippen molar-refractivity contribution in [1.29, 1.82) is 0 Å². The first-order valence-corrected chi connectivity index (χ1v) is 5.90. The average molecular weight is 279 g/mol. The minimum Gasteiger partial charge on any atom is -0.207 e. The largest absolute Gasteiger partial charge is 0.207 e. The second-order valence-electron chi connectivity index (χ2n) is 3.92. The minimum absolute atomic E-state index is 0.185. The number of aryl methyl sites for hydroxylation is 2. The van der Waals surface area contributed by atoms with Crippen LogP contribution in [0.2, 0.25) is 0 Å². The Bertz CT molecular complexity index is 532. The molecule has 0 fully saturated rings. The van der Waals surface area contributed by atoms with Crippen LogP contribution in [-0.2, 0) is 0 Å². The van der Waals surface area contributed by atoms with Gasteiger partial charge in [-0.25, -0.2) is 4.39 Å². The van der Waals surface area contributed by atoms with E-state index in [1.165, 1.54) is 11.6 Å². The maximum absolute atomic E-state index is 13.0. The number of halogens is 2. The summed E-state index contributed by atoms with van der Waals surface area (Å²) in [6.07, 6.45) is 0. The predicted molar refractivity (Wildman–Crippen MR) is 69.0 cm³/mol. The van der Waals surface area contributed by atoms with Crippen LogP contribution < -0.4 is 0 Å². The third kappa shape index (κ3) is 2.17. The molecule has 0 radical (unpaired) electrons. The van der Waals surface area contributed by atoms with Crippen molar-refractivity contribution in [3.63, 3.8) is 0 Å². The van der Waals surface area contributed by atoms with E-state index < -0.39 is 0 Å². The predicted octanol–water partition coefficient (Wildman–Crippen LogP) is 4.87. The zero-order chi connectivity index (χ0) is 11.7. The molecule has 0 N–H and O–H groups in total. The molecule has 82 valence electrons. The Hall–Kier alpha value is -1.15. The highest BCUT2D eigenvalue weighted by atomic mass is 79.9. The number of hydrogen-bond acceptors (Lipinski definition) is 0. The summed E-state index contributed by atoms with van der Waals surface area (Å²) >= 11 is 3.47. The molecule has 0 amide bonds. The van der Waals surface area contributed by atoms with Crippen LogP contribution >= 0.6 is 15.9 Å². The second kappa shape index (κ2) is 4.38. The third-order valence-corrected chi connectivity index (χ3v) is 3.55. The van der Waals surface area contributed by atoms with Crippen molar-refractivity contribution in [2.75, 3.05) is 0 Å². The van der Waals surface area contributed by atoms with E-state index in [4.69, 9.17) is 0 Å². The first-order valence-electron chi connectivity index (χ1n) is 5.10. The third-order valence-electron chi connectivity index (χ3n) is 2.66. The van der Waals surface area contributed by atoms with Crippen LogP contribution in [0.25, 0.3) is 11.1 Å². The van der Waals surface area contributed by atoms with Gasteiger partial charge in [-0.2, -0.15) is 0 Å². The van der Waals surface area contributed by atoms with E-state index in [0.29, 0.717) is 0 Å². The van der Waals surface area contributed by atoms with Crippen LogP contribution in [0, 0.1) is 19.7 Å². The summed E-state index contributed by atoms with van der Waals surface area (Å²) in [6, 6.07) is 11.1. The summed E-state index contributed by atoms with van der Waals surface area (Å²) in [5, 5.41) is 0. The van der Waals surface area contributed by atoms with Crippen LogP contribution in [0.3, 0.4) is 0 Å². The zero-order valence-electron chi connectivity index (χ0n) is 9.22. The fourth-order valence-corrected chi connectivity index (χ4v) is 2.01. The fourth-order valence-electron chi connectivity index (χ4n) is 1.76. The molecule has 0 saturated heterocycles. The monoisotopic (exact) mass is 278 g/mol. The van der Waals surface area contributed by atoms with Crippen LogP contribution in [0.4, 0.5) is 4.39 Å². The van der Waals surface area contributed by atoms with E-state index in [2.05, 4.69) is 22.0 Å². The Balaban J connectivity index is 2.54. The molecule has 16 heavy (non-hydrogen) atoms. The first-order chi connectivity index (χ1) is 7.58. The van der Waals surface area contributed by atoms with Crippen molar-refractivity contribution in [3.8, 4) is 11.1 Å². The summed E-state index contributed by atoms with van der Waals surface area (Å²) in [5.41, 5.74) is 4.35. The van der Waals surface area contributed by atoms with Gasteiger partial charge in [0, 0.05) is 4.47 Å². The summed E-state index contributed by atoms with van der Waals surface area (Å²) in [4.78, 5) is 0. The van der Waals surface area contributed by atoms with Crippen LogP contribution in [0.15, 0.2) is 40.9 Å². The number of hydrogen-bond donors (Lipinski definition) is 0. The lowest BCUT2D eigenvalue weighted by atomic mass is 9.99. The van der Waals surface area contributed by atoms with E-state index in [0.717, 1.165) is 21.2 Å². The van der Waals surface area contributed by atoms with Gasteiger partial charge in [-0.15, -0.1) is 0 Å². The maximum atomic E-state index is 13.0. The van der Waals surface area contributed by atoms with Gasteiger partial charge in [-0.3, -0.25) is 0 Å². The lowest BCUT2D eigenvalue weighted by Gasteiger charge is -2.08. The normalized spacial score (nSPS) is 10.5. The van der Waals surface area contributed by atoms with Gasteiger partial charge in [-0.1, -0.05) is 34.1 Å². The molecule has 0 aliphatic rings. The molecular formula is C14H12BrF. The molecule has 2 aromatic rings. The van der Waals surface area contributed by atoms with Crippen LogP contribution in [0.5, 0.6) is 0 Å². The van der Waals surface area contributed by atoms with Crippen molar-refractivity contribution in [2.45, 2.75) is 13.8 Å². The molecule has 0 aliphatic heterocycles. The van der Waals surface area contributed by atoms with Gasteiger partial charge in [0.15, 0.2) is 0 Å². The van der Waals surface area contributed by atoms with Crippen LogP contribution in [-0.4, -0.2) is 0 Å². The fraction of sp³-hybridized carbons (Fsp3) is 0.143. The summed E-state index contributed by atoms with van der Waals surface area (Å²) in [6.45, 7) is 3.97. The van der Waals surface area contributed by atoms with Gasteiger partial charge in [0.05, 0.1) is 0 Å². The Morgan fingerprint density at radius 3 is 2.31 bits per heavy atom. The highest BCUT2D eigenvalue weighted by molar-refractivity contribution is 9.10. The van der Waals surface area contributed by atoms with Crippen molar-refractivity contribution >= 4 is 15.9 Å². The molecule has 0 bridgehead atoms. The highest BCUT2D eigenvalue weighted by Gasteiger charge is 2.04. The molecule has 0 nitrogen and oxygen atoms in total. The molecule has 0 saturated carbocycles. The lowest BCUT2D eigenvalue weighted by molar-refractivity contribution is 0.627. The molecule has 0 aromatic heterocycles. The summed E-state index contributed by atoms with van der Waals surface area (Å²) in [5.74, 6) is -0.185. The van der Waals surface area contributed by atoms with Gasteiger partial charge in [0.1, 0.15) is 5.82 Å². The smallest absolute Gasteiger partial charge is 0.123 e. The molecule has 0 spiro atoms. The van der Waals surface area contributed by atoms with E-state index in [1.807, 2.05) is 32.0 Å². The molecule has 2 rings (SSSR count). The summed E-state index contributed by atoms with van der Waals surface area (Å²) in [7, 11) is 0. The van der Waals surface area contributed by atoms with E-state index >= 15 is 0 Å². The first kappa shape index (κ1) is 11.3. The Morgan fingerprint density at radius 2 is 1.69 bits per heavy atom. The SMILES string of the molecule is Cc1cc(-c2ccc(F)cc2C)ccc1Br. The quantitative estimate of drug-likeness (QED) is 0.698. The topological polar surface area (TPSA) is 0 Å². The van der Waals surface area contributed by atoms with Crippen molar-refractivity contribution in [2.24, 2.45) is 0 Å². The Labute approximate surface area is 103 Å². The lowest BCUT2D eigenvalue weighted by Crippen LogP contribution is -1.86. The standard InChI is InChI=1S/C14H12BrF/c1-9-8-12(16)4-5-13(9)11-3-6-14(15)10(2)7-11/h3-8H,1-2H3. The molecule has 2 aromatic carbocycles. The Morgan fingerprint density at radius 1 is 0.938 bits per heavy atom. The highest BCUT2D eigenvalue weighted by Crippen LogP contribution is 2.27. The molecule has 0 unspecified atom stereocenters. The van der Waals surface area contributed by atoms with Crippen molar-refractivity contribution in [3.05, 3.63) is 57.8 Å². The van der Waals surface area contributed by atoms with Crippen molar-refractivity contribution in [1.82, 2.24) is 0 Å². The van der Waals surface area contributed by atoms with E-state index in [1.54, 1.807) is 6.07 Å². The number of rotatable bonds is 1. The van der Waals surface area contributed by atoms with Gasteiger partial charge in [0.25, 0.3) is 0 Å². The van der Waals surface area contributed by atoms with Crippen LogP contribution in [0.1, 0.15) is 11.1 Å². The van der Waals surface area contributed by atoms with Gasteiger partial charge in [-0.05, 0) is 54.3 Å². The molecule has 0 atom stereocenters. The van der Waals surface area contributed by atoms with E-state index in [-0.39, 0.29) is 5.82 Å². The molecular weight excluding hydrogens is 267 g/mol. The minimum atomic E-state index is -0.185. The number of benzene rings is 2. The van der Waals surface area contributed by atoms with Gasteiger partial charge in [0.2, 0.25) is 0 Å². The molecule has 2 heteroatoms.